The maximum Gasteiger partial charge on any atom is 0.229 e. The van der Waals surface area contributed by atoms with E-state index in [1.807, 2.05) is 14.0 Å². The monoisotopic (exact) mass is 414 g/mol. The molecule has 1 aliphatic heterocycles. The molecule has 1 N–H and O–H groups in total. The van der Waals surface area contributed by atoms with Gasteiger partial charge in [-0.1, -0.05) is 18.0 Å². The maximum atomic E-state index is 5.51. The number of aromatic nitrogens is 4. The molecular weight excluding hydrogens is 387 g/mol. The Hall–Kier alpha value is -1.44. The molecule has 27 heavy (non-hydrogen) atoms. The van der Waals surface area contributed by atoms with Crippen molar-refractivity contribution in [3.05, 3.63) is 28.8 Å². The zero-order chi connectivity index (χ0) is 17.2. The molecule has 2 aromatic heterocycles. The smallest absolute Gasteiger partial charge is 0.229 e. The Morgan fingerprint density at radius 1 is 1.07 bits per heavy atom. The zero-order valence-corrected chi connectivity index (χ0v) is 17.5. The molecule has 0 bridgehead atoms. The first-order valence-electron chi connectivity index (χ1n) is 9.31. The van der Waals surface area contributed by atoms with Crippen molar-refractivity contribution < 1.29 is 4.52 Å². The van der Waals surface area contributed by atoms with Gasteiger partial charge in [0, 0.05) is 31.5 Å². The zero-order valence-electron chi connectivity index (χ0n) is 15.9. The lowest BCUT2D eigenvalue weighted by molar-refractivity contribution is 0.350. The van der Waals surface area contributed by atoms with E-state index >= 15 is 0 Å². The number of aryl methyl sites for hydroxylation is 1. The molecule has 0 unspecified atom stereocenters. The Kier molecular flexibility index (Phi) is 7.82. The van der Waals surface area contributed by atoms with Crippen LogP contribution in [0.5, 0.6) is 0 Å². The Bertz CT molecular complexity index is 747. The van der Waals surface area contributed by atoms with Crippen LogP contribution >= 0.6 is 24.8 Å². The summed E-state index contributed by atoms with van der Waals surface area (Å²) >= 11 is 0. The summed E-state index contributed by atoms with van der Waals surface area (Å²) in [6.45, 7) is 4.51. The molecule has 3 heterocycles. The molecule has 0 saturated heterocycles. The summed E-state index contributed by atoms with van der Waals surface area (Å²) in [5, 5.41) is 7.63. The fraction of sp³-hybridized carbons (Fsp3) is 0.667. The van der Waals surface area contributed by atoms with Gasteiger partial charge >= 0.3 is 0 Å². The fourth-order valence-electron chi connectivity index (χ4n) is 3.92. The average molecular weight is 415 g/mol. The first kappa shape index (κ1) is 21.9. The molecule has 2 aromatic rings. The summed E-state index contributed by atoms with van der Waals surface area (Å²) in [5.41, 5.74) is 2.41. The molecule has 0 amide bonds. The third-order valence-electron chi connectivity index (χ3n) is 5.20. The molecule has 0 atom stereocenters. The molecule has 4 rings (SSSR count). The van der Waals surface area contributed by atoms with Gasteiger partial charge in [-0.15, -0.1) is 24.8 Å². The SMILES string of the molecule is Cc1nc2c(c(N(C)Cc3noc(C4CCCC4)n3)n1)CCNCC2.Cl.Cl. The Balaban J connectivity index is 0.00000131. The van der Waals surface area contributed by atoms with Gasteiger partial charge in [-0.25, -0.2) is 9.97 Å². The highest BCUT2D eigenvalue weighted by Crippen LogP contribution is 2.33. The van der Waals surface area contributed by atoms with Crippen LogP contribution in [0.2, 0.25) is 0 Å². The fourth-order valence-corrected chi connectivity index (χ4v) is 3.92. The van der Waals surface area contributed by atoms with Crippen LogP contribution in [0, 0.1) is 6.92 Å². The van der Waals surface area contributed by atoms with E-state index in [-0.39, 0.29) is 24.8 Å². The topological polar surface area (TPSA) is 80.0 Å². The number of fused-ring (bicyclic) bond motifs is 1. The molecule has 0 radical (unpaired) electrons. The molecule has 0 spiro atoms. The molecule has 2 aliphatic rings. The van der Waals surface area contributed by atoms with E-state index in [1.165, 1.54) is 36.9 Å². The van der Waals surface area contributed by atoms with Crippen LogP contribution in [-0.4, -0.2) is 40.2 Å². The Labute approximate surface area is 172 Å². The number of nitrogens with zero attached hydrogens (tertiary/aromatic N) is 5. The minimum absolute atomic E-state index is 0. The second-order valence-corrected chi connectivity index (χ2v) is 7.16. The van der Waals surface area contributed by atoms with Crippen LogP contribution in [0.1, 0.15) is 60.4 Å². The van der Waals surface area contributed by atoms with Gasteiger partial charge in [0.2, 0.25) is 5.89 Å². The Morgan fingerprint density at radius 2 is 1.81 bits per heavy atom. The minimum atomic E-state index is 0. The molecular formula is C18H28Cl2N6O. The summed E-state index contributed by atoms with van der Waals surface area (Å²) in [5.74, 6) is 3.82. The van der Waals surface area contributed by atoms with Gasteiger partial charge in [0.1, 0.15) is 11.6 Å². The van der Waals surface area contributed by atoms with Crippen molar-refractivity contribution in [2.75, 3.05) is 25.0 Å². The summed E-state index contributed by atoms with van der Waals surface area (Å²) in [6.07, 6.45) is 6.78. The number of hydrogen-bond donors (Lipinski definition) is 1. The lowest BCUT2D eigenvalue weighted by Crippen LogP contribution is -2.22. The van der Waals surface area contributed by atoms with Crippen LogP contribution < -0.4 is 10.2 Å². The van der Waals surface area contributed by atoms with E-state index in [0.717, 1.165) is 49.3 Å². The van der Waals surface area contributed by atoms with E-state index in [1.54, 1.807) is 0 Å². The van der Waals surface area contributed by atoms with Gasteiger partial charge in [0.25, 0.3) is 0 Å². The van der Waals surface area contributed by atoms with Gasteiger partial charge in [0.05, 0.1) is 12.2 Å². The van der Waals surface area contributed by atoms with Crippen LogP contribution in [0.3, 0.4) is 0 Å². The summed E-state index contributed by atoms with van der Waals surface area (Å²) in [4.78, 5) is 16.1. The lowest BCUT2D eigenvalue weighted by atomic mass is 10.1. The first-order valence-corrected chi connectivity index (χ1v) is 9.31. The molecule has 1 saturated carbocycles. The van der Waals surface area contributed by atoms with Crippen molar-refractivity contribution in [1.82, 2.24) is 25.4 Å². The quantitative estimate of drug-likeness (QED) is 0.822. The van der Waals surface area contributed by atoms with E-state index < -0.39 is 0 Å². The third kappa shape index (κ3) is 4.89. The number of hydrogen-bond acceptors (Lipinski definition) is 7. The van der Waals surface area contributed by atoms with Gasteiger partial charge in [-0.2, -0.15) is 4.98 Å². The van der Waals surface area contributed by atoms with E-state index in [4.69, 9.17) is 9.51 Å². The first-order chi connectivity index (χ1) is 12.2. The highest BCUT2D eigenvalue weighted by molar-refractivity contribution is 5.85. The molecule has 1 fully saturated rings. The Morgan fingerprint density at radius 3 is 2.59 bits per heavy atom. The van der Waals surface area contributed by atoms with Crippen LogP contribution in [-0.2, 0) is 19.4 Å². The van der Waals surface area contributed by atoms with Crippen molar-refractivity contribution >= 4 is 30.6 Å². The van der Waals surface area contributed by atoms with Crippen LogP contribution in [0.15, 0.2) is 4.52 Å². The van der Waals surface area contributed by atoms with Crippen LogP contribution in [0.25, 0.3) is 0 Å². The number of nitrogens with one attached hydrogen (secondary N) is 1. The van der Waals surface area contributed by atoms with Gasteiger partial charge in [-0.3, -0.25) is 0 Å². The highest BCUT2D eigenvalue weighted by Gasteiger charge is 2.24. The predicted octanol–water partition coefficient (Wildman–Crippen LogP) is 2.99. The van der Waals surface area contributed by atoms with Crippen molar-refractivity contribution in [3.63, 3.8) is 0 Å². The third-order valence-corrected chi connectivity index (χ3v) is 5.20. The normalized spacial score (nSPS) is 16.8. The van der Waals surface area contributed by atoms with Gasteiger partial charge in [0.15, 0.2) is 5.82 Å². The van der Waals surface area contributed by atoms with Crippen molar-refractivity contribution in [2.45, 2.75) is 57.9 Å². The number of halogens is 2. The second kappa shape index (κ2) is 9.66. The largest absolute Gasteiger partial charge is 0.352 e. The molecule has 1 aliphatic carbocycles. The van der Waals surface area contributed by atoms with E-state index in [9.17, 15) is 0 Å². The number of rotatable bonds is 4. The lowest BCUT2D eigenvalue weighted by Gasteiger charge is -2.21. The minimum Gasteiger partial charge on any atom is -0.352 e. The standard InChI is InChI=1S/C18H26N6O.2ClH/c1-12-20-15-8-10-19-9-7-14(15)17(21-12)24(2)11-16-22-18(25-23-16)13-5-3-4-6-13;;/h13,19H,3-11H2,1-2H3;2*1H. The molecule has 9 heteroatoms. The van der Waals surface area contributed by atoms with Crippen molar-refractivity contribution in [1.29, 1.82) is 0 Å². The summed E-state index contributed by atoms with van der Waals surface area (Å²) in [6, 6.07) is 0. The summed E-state index contributed by atoms with van der Waals surface area (Å²) in [7, 11) is 2.05. The molecule has 150 valence electrons. The predicted molar refractivity (Wildman–Crippen MR) is 109 cm³/mol. The molecule has 0 aromatic carbocycles. The van der Waals surface area contributed by atoms with Gasteiger partial charge in [-0.05, 0) is 32.7 Å². The van der Waals surface area contributed by atoms with E-state index in [2.05, 4.69) is 25.3 Å². The van der Waals surface area contributed by atoms with Gasteiger partial charge < -0.3 is 14.7 Å². The van der Waals surface area contributed by atoms with Crippen LogP contribution in [0.4, 0.5) is 5.82 Å². The highest BCUT2D eigenvalue weighted by atomic mass is 35.5. The second-order valence-electron chi connectivity index (χ2n) is 7.16. The molecule has 7 nitrogen and oxygen atoms in total. The van der Waals surface area contributed by atoms with Crippen molar-refractivity contribution in [2.24, 2.45) is 0 Å². The maximum absolute atomic E-state index is 5.51. The number of anilines is 1. The average Bonchev–Trinajstić information content (AvgIpc) is 3.22. The summed E-state index contributed by atoms with van der Waals surface area (Å²) < 4.78 is 5.51. The van der Waals surface area contributed by atoms with Crippen molar-refractivity contribution in [3.8, 4) is 0 Å². The van der Waals surface area contributed by atoms with E-state index in [0.29, 0.717) is 12.5 Å².